The van der Waals surface area contributed by atoms with Gasteiger partial charge in [-0.15, -0.1) is 0 Å². The van der Waals surface area contributed by atoms with Crippen LogP contribution in [0.3, 0.4) is 0 Å². The van der Waals surface area contributed by atoms with Crippen molar-refractivity contribution in [1.29, 1.82) is 0 Å². The highest BCUT2D eigenvalue weighted by molar-refractivity contribution is 5.98. The summed E-state index contributed by atoms with van der Waals surface area (Å²) in [6.45, 7) is 1.83. The van der Waals surface area contributed by atoms with Gasteiger partial charge in [0.1, 0.15) is 0 Å². The number of nitrogens with two attached hydrogens (primary N) is 1. The van der Waals surface area contributed by atoms with Gasteiger partial charge in [0.05, 0.1) is 0 Å². The standard InChI is InChI=1S/C15H13F2NO/c1-9-5-6-10(7-13(9)18)14(19)8-11-3-2-4-12(16)15(11)17/h2-7H,8,18H2,1H3. The molecule has 0 aliphatic carbocycles. The molecule has 2 aromatic rings. The molecule has 4 heteroatoms. The van der Waals surface area contributed by atoms with Gasteiger partial charge >= 0.3 is 0 Å². The van der Waals surface area contributed by atoms with Crippen molar-refractivity contribution in [2.24, 2.45) is 0 Å². The fourth-order valence-electron chi connectivity index (χ4n) is 1.77. The number of Topliss-reactive ketones (excluding diaryl/α,β-unsaturated/α-hetero) is 1. The van der Waals surface area contributed by atoms with Gasteiger partial charge in [0.25, 0.3) is 0 Å². The maximum Gasteiger partial charge on any atom is 0.167 e. The summed E-state index contributed by atoms with van der Waals surface area (Å²) in [6.07, 6.45) is -0.188. The zero-order valence-electron chi connectivity index (χ0n) is 10.4. The molecule has 0 spiro atoms. The monoisotopic (exact) mass is 261 g/mol. The highest BCUT2D eigenvalue weighted by Gasteiger charge is 2.13. The van der Waals surface area contributed by atoms with Gasteiger partial charge in [-0.2, -0.15) is 0 Å². The van der Waals surface area contributed by atoms with E-state index in [9.17, 15) is 13.6 Å². The van der Waals surface area contributed by atoms with Gasteiger partial charge in [-0.25, -0.2) is 8.78 Å². The maximum absolute atomic E-state index is 13.5. The number of aryl methyl sites for hydroxylation is 1. The molecule has 0 aliphatic heterocycles. The third-order valence-corrected chi connectivity index (χ3v) is 2.98. The largest absolute Gasteiger partial charge is 0.398 e. The Bertz CT molecular complexity index is 638. The maximum atomic E-state index is 13.5. The smallest absolute Gasteiger partial charge is 0.167 e. The van der Waals surface area contributed by atoms with E-state index in [1.165, 1.54) is 12.1 Å². The first-order valence-corrected chi connectivity index (χ1v) is 5.81. The molecule has 2 aromatic carbocycles. The minimum absolute atomic E-state index is 0.0455. The van der Waals surface area contributed by atoms with Crippen molar-refractivity contribution < 1.29 is 13.6 Å². The zero-order chi connectivity index (χ0) is 14.0. The van der Waals surface area contributed by atoms with Gasteiger partial charge < -0.3 is 5.73 Å². The van der Waals surface area contributed by atoms with Gasteiger partial charge in [-0.05, 0) is 30.2 Å². The molecule has 2 nitrogen and oxygen atoms in total. The fourth-order valence-corrected chi connectivity index (χ4v) is 1.77. The summed E-state index contributed by atoms with van der Waals surface area (Å²) < 4.78 is 26.5. The first-order chi connectivity index (χ1) is 8.99. The van der Waals surface area contributed by atoms with E-state index < -0.39 is 11.6 Å². The van der Waals surface area contributed by atoms with Crippen LogP contribution in [0.5, 0.6) is 0 Å². The van der Waals surface area contributed by atoms with Gasteiger partial charge in [0.2, 0.25) is 0 Å². The van der Waals surface area contributed by atoms with E-state index in [0.717, 1.165) is 11.6 Å². The lowest BCUT2D eigenvalue weighted by Gasteiger charge is -2.06. The average molecular weight is 261 g/mol. The van der Waals surface area contributed by atoms with E-state index >= 15 is 0 Å². The molecular weight excluding hydrogens is 248 g/mol. The Balaban J connectivity index is 2.26. The summed E-state index contributed by atoms with van der Waals surface area (Å²) in [7, 11) is 0. The van der Waals surface area contributed by atoms with Crippen LogP contribution in [-0.4, -0.2) is 5.78 Å². The first kappa shape index (κ1) is 13.2. The quantitative estimate of drug-likeness (QED) is 0.680. The van der Waals surface area contributed by atoms with Crippen molar-refractivity contribution in [3.8, 4) is 0 Å². The Morgan fingerprint density at radius 2 is 1.95 bits per heavy atom. The third-order valence-electron chi connectivity index (χ3n) is 2.98. The molecule has 0 heterocycles. The average Bonchev–Trinajstić information content (AvgIpc) is 2.38. The summed E-state index contributed by atoms with van der Waals surface area (Å²) in [5, 5.41) is 0. The molecule has 0 bridgehead atoms. The van der Waals surface area contributed by atoms with Crippen molar-refractivity contribution in [3.05, 3.63) is 64.7 Å². The van der Waals surface area contributed by atoms with Crippen LogP contribution >= 0.6 is 0 Å². The number of carbonyl (C=O) groups is 1. The summed E-state index contributed by atoms with van der Waals surface area (Å²) in [6, 6.07) is 8.70. The Morgan fingerprint density at radius 1 is 1.21 bits per heavy atom. The van der Waals surface area contributed by atoms with Crippen LogP contribution in [0.2, 0.25) is 0 Å². The Labute approximate surface area is 109 Å². The summed E-state index contributed by atoms with van der Waals surface area (Å²) in [5.41, 5.74) is 7.53. The predicted molar refractivity (Wildman–Crippen MR) is 70.0 cm³/mol. The number of anilines is 1. The number of rotatable bonds is 3. The second-order valence-electron chi connectivity index (χ2n) is 4.38. The van der Waals surface area contributed by atoms with E-state index in [1.807, 2.05) is 6.92 Å². The first-order valence-electron chi connectivity index (χ1n) is 5.81. The molecule has 0 fully saturated rings. The second kappa shape index (κ2) is 5.18. The summed E-state index contributed by atoms with van der Waals surface area (Å²) >= 11 is 0. The number of nitrogen functional groups attached to an aromatic ring is 1. The van der Waals surface area contributed by atoms with E-state index in [-0.39, 0.29) is 17.8 Å². The fraction of sp³-hybridized carbons (Fsp3) is 0.133. The molecule has 0 unspecified atom stereocenters. The van der Waals surface area contributed by atoms with Gasteiger partial charge in [-0.3, -0.25) is 4.79 Å². The van der Waals surface area contributed by atoms with E-state index in [2.05, 4.69) is 0 Å². The highest BCUT2D eigenvalue weighted by atomic mass is 19.2. The topological polar surface area (TPSA) is 43.1 Å². The Kier molecular flexibility index (Phi) is 3.60. The molecule has 2 N–H and O–H groups in total. The van der Waals surface area contributed by atoms with Crippen molar-refractivity contribution in [2.75, 3.05) is 5.73 Å². The van der Waals surface area contributed by atoms with Crippen LogP contribution in [0.25, 0.3) is 0 Å². The number of hydrogen-bond acceptors (Lipinski definition) is 2. The van der Waals surface area contributed by atoms with E-state index in [4.69, 9.17) is 5.73 Å². The molecule has 0 saturated heterocycles. The van der Waals surface area contributed by atoms with Crippen LogP contribution in [0.15, 0.2) is 36.4 Å². The number of hydrogen-bond donors (Lipinski definition) is 1. The highest BCUT2D eigenvalue weighted by Crippen LogP contribution is 2.17. The number of benzene rings is 2. The molecular formula is C15H13F2NO. The summed E-state index contributed by atoms with van der Waals surface area (Å²) in [5.74, 6) is -2.22. The van der Waals surface area contributed by atoms with Crippen LogP contribution in [0.1, 0.15) is 21.5 Å². The lowest BCUT2D eigenvalue weighted by atomic mass is 10.0. The minimum Gasteiger partial charge on any atom is -0.398 e. The normalized spacial score (nSPS) is 10.5. The zero-order valence-corrected chi connectivity index (χ0v) is 10.4. The van der Waals surface area contributed by atoms with Gasteiger partial charge in [0.15, 0.2) is 17.4 Å². The number of halogens is 2. The molecule has 19 heavy (non-hydrogen) atoms. The SMILES string of the molecule is Cc1ccc(C(=O)Cc2cccc(F)c2F)cc1N. The van der Waals surface area contributed by atoms with Crippen molar-refractivity contribution in [3.63, 3.8) is 0 Å². The molecule has 2 rings (SSSR count). The van der Waals surface area contributed by atoms with Crippen molar-refractivity contribution in [1.82, 2.24) is 0 Å². The molecule has 0 radical (unpaired) electrons. The van der Waals surface area contributed by atoms with E-state index in [1.54, 1.807) is 18.2 Å². The Hall–Kier alpha value is -2.23. The molecule has 0 atom stereocenters. The number of carbonyl (C=O) groups excluding carboxylic acids is 1. The van der Waals surface area contributed by atoms with Gasteiger partial charge in [-0.1, -0.05) is 24.3 Å². The second-order valence-corrected chi connectivity index (χ2v) is 4.38. The van der Waals surface area contributed by atoms with Crippen LogP contribution < -0.4 is 5.73 Å². The number of ketones is 1. The van der Waals surface area contributed by atoms with Crippen molar-refractivity contribution >= 4 is 11.5 Å². The Morgan fingerprint density at radius 3 is 2.63 bits per heavy atom. The lowest BCUT2D eigenvalue weighted by molar-refractivity contribution is 0.0991. The van der Waals surface area contributed by atoms with Crippen LogP contribution in [0, 0.1) is 18.6 Å². The minimum atomic E-state index is -0.976. The molecule has 0 aromatic heterocycles. The van der Waals surface area contributed by atoms with Crippen LogP contribution in [0.4, 0.5) is 14.5 Å². The predicted octanol–water partition coefficient (Wildman–Crippen LogP) is 3.28. The lowest BCUT2D eigenvalue weighted by Crippen LogP contribution is -2.07. The van der Waals surface area contributed by atoms with Gasteiger partial charge in [0, 0.05) is 17.7 Å². The van der Waals surface area contributed by atoms with Crippen LogP contribution in [-0.2, 0) is 6.42 Å². The molecule has 0 aliphatic rings. The molecule has 98 valence electrons. The third kappa shape index (κ3) is 2.78. The molecule has 0 amide bonds. The van der Waals surface area contributed by atoms with Crippen molar-refractivity contribution in [2.45, 2.75) is 13.3 Å². The summed E-state index contributed by atoms with van der Waals surface area (Å²) in [4.78, 5) is 12.0. The molecule has 0 saturated carbocycles. The van der Waals surface area contributed by atoms with E-state index in [0.29, 0.717) is 11.3 Å².